The smallest absolute Gasteiger partial charge is 0.335 e. The lowest BCUT2D eigenvalue weighted by Gasteiger charge is -2.17. The van der Waals surface area contributed by atoms with Crippen LogP contribution in [-0.4, -0.2) is 25.4 Å². The van der Waals surface area contributed by atoms with Crippen molar-refractivity contribution in [2.45, 2.75) is 20.0 Å². The minimum atomic E-state index is -3.19. The predicted octanol–water partition coefficient (Wildman–Crippen LogP) is 3.17. The molecular weight excluding hydrogens is 255 g/mol. The highest BCUT2D eigenvalue weighted by Crippen LogP contribution is 2.52. The Kier molecular flexibility index (Phi) is 5.66. The summed E-state index contributed by atoms with van der Waals surface area (Å²) < 4.78 is 27.6. The van der Waals surface area contributed by atoms with Crippen LogP contribution in [0.2, 0.25) is 0 Å². The van der Waals surface area contributed by atoms with Gasteiger partial charge in [0.05, 0.1) is 26.5 Å². The minimum absolute atomic E-state index is 0.0222. The molecule has 102 valence electrons. The molecule has 0 aliphatic heterocycles. The maximum Gasteiger partial charge on any atom is 0.335 e. The van der Waals surface area contributed by atoms with Crippen molar-refractivity contribution in [3.8, 4) is 11.5 Å². The first-order valence-corrected chi connectivity index (χ1v) is 7.51. The van der Waals surface area contributed by atoms with E-state index in [1.165, 1.54) is 13.2 Å². The van der Waals surface area contributed by atoms with Gasteiger partial charge < -0.3 is 18.9 Å². The number of phenolic OH excluding ortho intramolecular Hbond substituents is 1. The Bertz CT molecular complexity index is 422. The lowest BCUT2D eigenvalue weighted by molar-refractivity contribution is 0.219. The largest absolute Gasteiger partial charge is 0.508 e. The molecule has 0 radical (unpaired) electrons. The summed E-state index contributed by atoms with van der Waals surface area (Å²) in [5, 5.41) is 9.81. The van der Waals surface area contributed by atoms with Crippen LogP contribution >= 0.6 is 7.60 Å². The lowest BCUT2D eigenvalue weighted by Crippen LogP contribution is -1.99. The van der Waals surface area contributed by atoms with Crippen LogP contribution < -0.4 is 4.74 Å². The van der Waals surface area contributed by atoms with E-state index in [9.17, 15) is 9.67 Å². The van der Waals surface area contributed by atoms with E-state index < -0.39 is 7.60 Å². The number of rotatable bonds is 7. The Morgan fingerprint density at radius 3 is 2.28 bits per heavy atom. The van der Waals surface area contributed by atoms with Gasteiger partial charge in [0.1, 0.15) is 11.5 Å². The molecule has 0 bridgehead atoms. The molecule has 1 aromatic carbocycles. The van der Waals surface area contributed by atoms with Gasteiger partial charge in [0, 0.05) is 11.6 Å². The lowest BCUT2D eigenvalue weighted by atomic mass is 10.2. The third-order valence-corrected chi connectivity index (χ3v) is 4.34. The number of hydrogen-bond acceptors (Lipinski definition) is 5. The van der Waals surface area contributed by atoms with Gasteiger partial charge in [-0.2, -0.15) is 0 Å². The zero-order valence-corrected chi connectivity index (χ0v) is 11.8. The van der Waals surface area contributed by atoms with E-state index in [2.05, 4.69) is 0 Å². The standard InChI is InChI=1S/C12H19O5P/c1-4-16-18(14,17-5-2)9-10-6-7-11(15-3)8-12(10)13/h6-8,13H,4-5,9H2,1-3H3. The van der Waals surface area contributed by atoms with Crippen LogP contribution in [0.3, 0.4) is 0 Å². The fourth-order valence-electron chi connectivity index (χ4n) is 1.53. The summed E-state index contributed by atoms with van der Waals surface area (Å²) in [6.07, 6.45) is 0.0461. The molecule has 6 heteroatoms. The van der Waals surface area contributed by atoms with E-state index in [0.29, 0.717) is 24.5 Å². The fourth-order valence-corrected chi connectivity index (χ4v) is 3.26. The number of hydrogen-bond donors (Lipinski definition) is 1. The second-order valence-electron chi connectivity index (χ2n) is 3.60. The predicted molar refractivity (Wildman–Crippen MR) is 69.2 cm³/mol. The number of phenols is 1. The van der Waals surface area contributed by atoms with Gasteiger partial charge in [-0.15, -0.1) is 0 Å². The van der Waals surface area contributed by atoms with Gasteiger partial charge in [-0.3, -0.25) is 4.57 Å². The zero-order valence-electron chi connectivity index (χ0n) is 10.9. The summed E-state index contributed by atoms with van der Waals surface area (Å²) in [6.45, 7) is 4.10. The van der Waals surface area contributed by atoms with E-state index in [1.54, 1.807) is 26.0 Å². The van der Waals surface area contributed by atoms with Gasteiger partial charge in [0.15, 0.2) is 0 Å². The van der Waals surface area contributed by atoms with Crippen molar-refractivity contribution in [3.05, 3.63) is 23.8 Å². The highest BCUT2D eigenvalue weighted by molar-refractivity contribution is 7.53. The third-order valence-electron chi connectivity index (χ3n) is 2.31. The SMILES string of the molecule is CCOP(=O)(Cc1ccc(OC)cc1O)OCC. The molecule has 0 amide bonds. The van der Waals surface area contributed by atoms with Gasteiger partial charge in [-0.1, -0.05) is 6.07 Å². The Balaban J connectivity index is 2.90. The van der Waals surface area contributed by atoms with Gasteiger partial charge in [-0.25, -0.2) is 0 Å². The highest BCUT2D eigenvalue weighted by atomic mass is 31.2. The molecule has 18 heavy (non-hydrogen) atoms. The molecule has 0 aliphatic rings. The molecule has 1 aromatic rings. The summed E-state index contributed by atoms with van der Waals surface area (Å²) in [7, 11) is -1.68. The first-order valence-electron chi connectivity index (χ1n) is 5.78. The average Bonchev–Trinajstić information content (AvgIpc) is 2.32. The molecule has 0 aromatic heterocycles. The van der Waals surface area contributed by atoms with Gasteiger partial charge in [0.2, 0.25) is 0 Å². The normalized spacial score (nSPS) is 11.5. The molecule has 0 heterocycles. The summed E-state index contributed by atoms with van der Waals surface area (Å²) in [5.74, 6) is 0.563. The van der Waals surface area contributed by atoms with E-state index in [-0.39, 0.29) is 11.9 Å². The quantitative estimate of drug-likeness (QED) is 0.774. The minimum Gasteiger partial charge on any atom is -0.508 e. The van der Waals surface area contributed by atoms with Crippen molar-refractivity contribution in [1.29, 1.82) is 0 Å². The van der Waals surface area contributed by atoms with Crippen LogP contribution in [0.25, 0.3) is 0 Å². The van der Waals surface area contributed by atoms with Crippen molar-refractivity contribution in [2.75, 3.05) is 20.3 Å². The van der Waals surface area contributed by atoms with Crippen LogP contribution in [0, 0.1) is 0 Å². The van der Waals surface area contributed by atoms with E-state index in [4.69, 9.17) is 13.8 Å². The third kappa shape index (κ3) is 4.02. The zero-order chi connectivity index (χ0) is 13.6. The molecule has 0 spiro atoms. The van der Waals surface area contributed by atoms with Crippen molar-refractivity contribution in [3.63, 3.8) is 0 Å². The van der Waals surface area contributed by atoms with Crippen LogP contribution in [-0.2, 0) is 19.8 Å². The van der Waals surface area contributed by atoms with E-state index in [0.717, 1.165) is 0 Å². The van der Waals surface area contributed by atoms with Crippen LogP contribution in [0.15, 0.2) is 18.2 Å². The molecule has 0 saturated carbocycles. The van der Waals surface area contributed by atoms with Crippen LogP contribution in [0.4, 0.5) is 0 Å². The van der Waals surface area contributed by atoms with Crippen LogP contribution in [0.1, 0.15) is 19.4 Å². The topological polar surface area (TPSA) is 65.0 Å². The average molecular weight is 274 g/mol. The maximum atomic E-state index is 12.3. The van der Waals surface area contributed by atoms with Crippen molar-refractivity contribution in [1.82, 2.24) is 0 Å². The Morgan fingerprint density at radius 1 is 1.22 bits per heavy atom. The molecule has 5 nitrogen and oxygen atoms in total. The summed E-state index contributed by atoms with van der Waals surface area (Å²) >= 11 is 0. The highest BCUT2D eigenvalue weighted by Gasteiger charge is 2.25. The van der Waals surface area contributed by atoms with Crippen LogP contribution in [0.5, 0.6) is 11.5 Å². The number of benzene rings is 1. The Morgan fingerprint density at radius 2 is 1.83 bits per heavy atom. The summed E-state index contributed by atoms with van der Waals surface area (Å²) in [4.78, 5) is 0. The van der Waals surface area contributed by atoms with Gasteiger partial charge in [-0.05, 0) is 19.9 Å². The van der Waals surface area contributed by atoms with Gasteiger partial charge in [0.25, 0.3) is 0 Å². The number of aromatic hydroxyl groups is 1. The summed E-state index contributed by atoms with van der Waals surface area (Å²) in [6, 6.07) is 4.81. The Labute approximate surface area is 107 Å². The first-order chi connectivity index (χ1) is 8.54. The molecular formula is C12H19O5P. The number of methoxy groups -OCH3 is 1. The molecule has 0 saturated heterocycles. The molecule has 0 aliphatic carbocycles. The second-order valence-corrected chi connectivity index (χ2v) is 5.65. The summed E-state index contributed by atoms with van der Waals surface area (Å²) in [5.41, 5.74) is 0.515. The molecule has 1 N–H and O–H groups in total. The van der Waals surface area contributed by atoms with Gasteiger partial charge >= 0.3 is 7.60 Å². The first kappa shape index (κ1) is 15.0. The van der Waals surface area contributed by atoms with Crippen molar-refractivity contribution < 1.29 is 23.5 Å². The Hall–Kier alpha value is -1.03. The monoisotopic (exact) mass is 274 g/mol. The second kappa shape index (κ2) is 6.78. The number of ether oxygens (including phenoxy) is 1. The maximum absolute atomic E-state index is 12.3. The van der Waals surface area contributed by atoms with Crippen molar-refractivity contribution >= 4 is 7.60 Å². The van der Waals surface area contributed by atoms with E-state index in [1.807, 2.05) is 0 Å². The fraction of sp³-hybridized carbons (Fsp3) is 0.500. The molecule has 0 fully saturated rings. The van der Waals surface area contributed by atoms with Crippen molar-refractivity contribution in [2.24, 2.45) is 0 Å². The molecule has 1 rings (SSSR count). The van der Waals surface area contributed by atoms with E-state index >= 15 is 0 Å². The molecule has 0 unspecified atom stereocenters. The molecule has 0 atom stereocenters.